The minimum Gasteiger partial charge on any atom is -0.493 e. The van der Waals surface area contributed by atoms with Gasteiger partial charge in [-0.3, -0.25) is 4.79 Å². The van der Waals surface area contributed by atoms with Crippen molar-refractivity contribution >= 4 is 35.6 Å². The largest absolute Gasteiger partial charge is 0.493 e. The molecule has 0 saturated carbocycles. The van der Waals surface area contributed by atoms with E-state index in [4.69, 9.17) is 14.5 Å². The molecule has 0 aliphatic rings. The lowest BCUT2D eigenvalue weighted by atomic mass is 10.1. The van der Waals surface area contributed by atoms with Gasteiger partial charge in [-0.25, -0.2) is 4.99 Å². The van der Waals surface area contributed by atoms with E-state index in [0.717, 1.165) is 35.5 Å². The van der Waals surface area contributed by atoms with Gasteiger partial charge in [-0.15, -0.1) is 24.0 Å². The maximum atomic E-state index is 11.9. The summed E-state index contributed by atoms with van der Waals surface area (Å²) >= 11 is 0. The van der Waals surface area contributed by atoms with Gasteiger partial charge in [-0.1, -0.05) is 36.4 Å². The number of benzene rings is 2. The summed E-state index contributed by atoms with van der Waals surface area (Å²) in [6.07, 6.45) is 2.65. The predicted octanol–water partition coefficient (Wildman–Crippen LogP) is 4.51. The lowest BCUT2D eigenvalue weighted by Gasteiger charge is -2.13. The average Bonchev–Trinajstić information content (AvgIpc) is 2.83. The highest BCUT2D eigenvalue weighted by molar-refractivity contribution is 14.0. The maximum Gasteiger partial charge on any atom is 0.250 e. The van der Waals surface area contributed by atoms with Crippen molar-refractivity contribution in [3.63, 3.8) is 0 Å². The summed E-state index contributed by atoms with van der Waals surface area (Å²) in [6.45, 7) is 5.17. The van der Waals surface area contributed by atoms with E-state index in [9.17, 15) is 4.79 Å². The Kier molecular flexibility index (Phi) is 12.2. The number of hydrogen-bond acceptors (Lipinski definition) is 4. The van der Waals surface area contributed by atoms with Crippen molar-refractivity contribution in [2.75, 3.05) is 32.2 Å². The lowest BCUT2D eigenvalue weighted by molar-refractivity contribution is 0.172. The minimum absolute atomic E-state index is 0. The van der Waals surface area contributed by atoms with Crippen molar-refractivity contribution in [3.05, 3.63) is 94.4 Å². The monoisotopic (exact) mass is 576 g/mol. The molecule has 0 fully saturated rings. The van der Waals surface area contributed by atoms with Crippen LogP contribution in [-0.2, 0) is 17.8 Å². The van der Waals surface area contributed by atoms with Gasteiger partial charge in [-0.2, -0.15) is 0 Å². The maximum absolute atomic E-state index is 11.9. The van der Waals surface area contributed by atoms with E-state index in [1.807, 2.05) is 61.5 Å². The fourth-order valence-corrected chi connectivity index (χ4v) is 3.21. The second-order valence-corrected chi connectivity index (χ2v) is 7.53. The second-order valence-electron chi connectivity index (χ2n) is 7.53. The number of ether oxygens (including phenoxy) is 2. The Labute approximate surface area is 218 Å². The van der Waals surface area contributed by atoms with E-state index in [1.54, 1.807) is 30.0 Å². The first-order valence-corrected chi connectivity index (χ1v) is 11.2. The third-order valence-corrected chi connectivity index (χ3v) is 4.90. The van der Waals surface area contributed by atoms with Crippen molar-refractivity contribution in [2.24, 2.45) is 4.99 Å². The highest BCUT2D eigenvalue weighted by Gasteiger charge is 2.03. The lowest BCUT2D eigenvalue weighted by Crippen LogP contribution is -2.30. The van der Waals surface area contributed by atoms with Crippen molar-refractivity contribution in [1.82, 2.24) is 9.88 Å². The molecule has 0 aliphatic carbocycles. The molecule has 8 heteroatoms. The van der Waals surface area contributed by atoms with Crippen molar-refractivity contribution < 1.29 is 9.47 Å². The molecule has 0 saturated heterocycles. The third kappa shape index (κ3) is 9.18. The van der Waals surface area contributed by atoms with Gasteiger partial charge in [0.1, 0.15) is 5.75 Å². The number of methoxy groups -OCH3 is 1. The number of nitrogens with zero attached hydrogens (tertiary/aromatic N) is 2. The molecular weight excluding hydrogens is 543 g/mol. The normalized spacial score (nSPS) is 10.9. The smallest absolute Gasteiger partial charge is 0.250 e. The molecule has 7 nitrogen and oxygen atoms in total. The van der Waals surface area contributed by atoms with Crippen LogP contribution in [-0.4, -0.2) is 37.4 Å². The van der Waals surface area contributed by atoms with Crippen molar-refractivity contribution in [3.8, 4) is 5.75 Å². The van der Waals surface area contributed by atoms with Crippen LogP contribution in [0.5, 0.6) is 5.75 Å². The van der Waals surface area contributed by atoms with Crippen LogP contribution in [0.2, 0.25) is 0 Å². The number of pyridine rings is 1. The molecular formula is C26H33IN4O3. The Morgan fingerprint density at radius 1 is 1.00 bits per heavy atom. The summed E-state index contributed by atoms with van der Waals surface area (Å²) in [6, 6.07) is 21.2. The van der Waals surface area contributed by atoms with Gasteiger partial charge in [0.15, 0.2) is 5.96 Å². The SMILES string of the molecule is CCNC(=NCc1ccc(Cn2ccccc2=O)cc1)Nc1cccc(OCCCOC)c1.I. The number of aromatic nitrogens is 1. The molecule has 0 spiro atoms. The van der Waals surface area contributed by atoms with Crippen LogP contribution < -0.4 is 20.9 Å². The Morgan fingerprint density at radius 3 is 2.53 bits per heavy atom. The fraction of sp³-hybridized carbons (Fsp3) is 0.308. The standard InChI is InChI=1S/C26H32N4O3.HI/c1-3-27-26(29-23-8-6-9-24(18-23)33-17-7-16-32-2)28-19-21-11-13-22(14-12-21)20-30-15-5-4-10-25(30)31;/h4-6,8-15,18H,3,7,16-17,19-20H2,1-2H3,(H2,27,28,29);1H. The number of hydrogen-bond donors (Lipinski definition) is 2. The number of halogens is 1. The number of nitrogens with one attached hydrogen (secondary N) is 2. The van der Waals surface area contributed by atoms with Gasteiger partial charge < -0.3 is 24.7 Å². The van der Waals surface area contributed by atoms with Crippen LogP contribution in [0.15, 0.2) is 82.7 Å². The Balaban J connectivity index is 0.00000408. The van der Waals surface area contributed by atoms with E-state index in [1.165, 1.54) is 0 Å². The van der Waals surface area contributed by atoms with Gasteiger partial charge in [0.05, 0.1) is 19.7 Å². The molecule has 3 aromatic rings. The summed E-state index contributed by atoms with van der Waals surface area (Å²) < 4.78 is 12.5. The van der Waals surface area contributed by atoms with E-state index in [0.29, 0.717) is 32.3 Å². The van der Waals surface area contributed by atoms with Crippen molar-refractivity contribution in [1.29, 1.82) is 0 Å². The first-order chi connectivity index (χ1) is 16.2. The summed E-state index contributed by atoms with van der Waals surface area (Å²) in [5.41, 5.74) is 3.06. The van der Waals surface area contributed by atoms with Gasteiger partial charge in [0, 0.05) is 50.7 Å². The van der Waals surface area contributed by atoms with E-state index >= 15 is 0 Å². The molecule has 1 aromatic heterocycles. The quantitative estimate of drug-likeness (QED) is 0.152. The molecule has 0 bridgehead atoms. The van der Waals surface area contributed by atoms with Gasteiger partial charge in [0.2, 0.25) is 0 Å². The highest BCUT2D eigenvalue weighted by Crippen LogP contribution is 2.17. The molecule has 0 unspecified atom stereocenters. The van der Waals surface area contributed by atoms with E-state index in [-0.39, 0.29) is 29.5 Å². The van der Waals surface area contributed by atoms with Crippen LogP contribution >= 0.6 is 24.0 Å². The first-order valence-electron chi connectivity index (χ1n) is 11.2. The Morgan fingerprint density at radius 2 is 1.79 bits per heavy atom. The van der Waals surface area contributed by atoms with Crippen LogP contribution in [0.3, 0.4) is 0 Å². The van der Waals surface area contributed by atoms with Crippen LogP contribution in [0.4, 0.5) is 5.69 Å². The minimum atomic E-state index is -0.00280. The van der Waals surface area contributed by atoms with Crippen LogP contribution in [0, 0.1) is 0 Å². The Bertz CT molecular complexity index is 1080. The summed E-state index contributed by atoms with van der Waals surface area (Å²) in [4.78, 5) is 16.6. The van der Waals surface area contributed by atoms with Crippen LogP contribution in [0.1, 0.15) is 24.5 Å². The topological polar surface area (TPSA) is 76.9 Å². The molecule has 2 N–H and O–H groups in total. The zero-order valence-corrected chi connectivity index (χ0v) is 22.0. The van der Waals surface area contributed by atoms with Crippen molar-refractivity contribution in [2.45, 2.75) is 26.4 Å². The predicted molar refractivity (Wildman–Crippen MR) is 149 cm³/mol. The van der Waals surface area contributed by atoms with E-state index in [2.05, 4.69) is 10.6 Å². The summed E-state index contributed by atoms with van der Waals surface area (Å²) in [5.74, 6) is 1.51. The molecule has 0 radical (unpaired) electrons. The molecule has 182 valence electrons. The van der Waals surface area contributed by atoms with Gasteiger partial charge >= 0.3 is 0 Å². The number of guanidine groups is 1. The molecule has 34 heavy (non-hydrogen) atoms. The first kappa shape index (κ1) is 27.4. The molecule has 0 aliphatic heterocycles. The average molecular weight is 576 g/mol. The molecule has 0 atom stereocenters. The number of aliphatic imine (C=N–C) groups is 1. The fourth-order valence-electron chi connectivity index (χ4n) is 3.21. The number of rotatable bonds is 11. The zero-order valence-electron chi connectivity index (χ0n) is 19.7. The third-order valence-electron chi connectivity index (χ3n) is 4.90. The zero-order chi connectivity index (χ0) is 23.3. The molecule has 0 amide bonds. The second kappa shape index (κ2) is 15.1. The van der Waals surface area contributed by atoms with Gasteiger partial charge in [0.25, 0.3) is 5.56 Å². The number of anilines is 1. The van der Waals surface area contributed by atoms with Gasteiger partial charge in [-0.05, 0) is 36.2 Å². The van der Waals surface area contributed by atoms with Crippen LogP contribution in [0.25, 0.3) is 0 Å². The summed E-state index contributed by atoms with van der Waals surface area (Å²) in [5, 5.41) is 6.61. The molecule has 2 aromatic carbocycles. The Hall–Kier alpha value is -2.85. The summed E-state index contributed by atoms with van der Waals surface area (Å²) in [7, 11) is 1.69. The molecule has 1 heterocycles. The highest BCUT2D eigenvalue weighted by atomic mass is 127. The molecule has 3 rings (SSSR count). The van der Waals surface area contributed by atoms with E-state index < -0.39 is 0 Å².